The first kappa shape index (κ1) is 14.9. The SMILES string of the molecule is CNc1ccc(NS(=O)(=O)c2ccc(Br)c(C)c2)cc1. The molecule has 2 aromatic rings. The molecule has 4 nitrogen and oxygen atoms in total. The summed E-state index contributed by atoms with van der Waals surface area (Å²) in [6.07, 6.45) is 0. The third-order valence-electron chi connectivity index (χ3n) is 2.87. The second kappa shape index (κ2) is 5.85. The molecular formula is C14H15BrN2O2S. The highest BCUT2D eigenvalue weighted by Crippen LogP contribution is 2.22. The standard InChI is InChI=1S/C14H15BrN2O2S/c1-10-9-13(7-8-14(10)15)20(18,19)17-12-5-3-11(16-2)4-6-12/h3-9,16-17H,1-2H3. The molecule has 0 spiro atoms. The van der Waals surface area contributed by atoms with Crippen molar-refractivity contribution in [2.24, 2.45) is 0 Å². The summed E-state index contributed by atoms with van der Waals surface area (Å²) < 4.78 is 28.0. The second-order valence-electron chi connectivity index (χ2n) is 4.34. The second-order valence-corrected chi connectivity index (χ2v) is 6.88. The van der Waals surface area contributed by atoms with Crippen molar-refractivity contribution in [1.82, 2.24) is 0 Å². The van der Waals surface area contributed by atoms with Crippen LogP contribution in [0.3, 0.4) is 0 Å². The molecule has 0 fully saturated rings. The van der Waals surface area contributed by atoms with Gasteiger partial charge in [-0.15, -0.1) is 0 Å². The van der Waals surface area contributed by atoms with E-state index >= 15 is 0 Å². The quantitative estimate of drug-likeness (QED) is 0.881. The van der Waals surface area contributed by atoms with Gasteiger partial charge in [-0.05, 0) is 55.0 Å². The minimum atomic E-state index is -3.56. The predicted octanol–water partition coefficient (Wildman–Crippen LogP) is 3.60. The first-order valence-corrected chi connectivity index (χ1v) is 8.27. The number of aryl methyl sites for hydroxylation is 1. The van der Waals surface area contributed by atoms with E-state index in [1.54, 1.807) is 30.3 Å². The fraction of sp³-hybridized carbons (Fsp3) is 0.143. The third kappa shape index (κ3) is 3.32. The number of halogens is 1. The van der Waals surface area contributed by atoms with Crippen molar-refractivity contribution in [3.05, 3.63) is 52.5 Å². The van der Waals surface area contributed by atoms with Crippen molar-refractivity contribution in [3.63, 3.8) is 0 Å². The van der Waals surface area contributed by atoms with Gasteiger partial charge < -0.3 is 5.32 Å². The summed E-state index contributed by atoms with van der Waals surface area (Å²) in [6.45, 7) is 1.85. The monoisotopic (exact) mass is 354 g/mol. The molecule has 0 heterocycles. The van der Waals surface area contributed by atoms with Crippen molar-refractivity contribution in [2.75, 3.05) is 17.1 Å². The number of anilines is 2. The van der Waals surface area contributed by atoms with Crippen LogP contribution in [0.4, 0.5) is 11.4 Å². The topological polar surface area (TPSA) is 58.2 Å². The Morgan fingerprint density at radius 2 is 1.60 bits per heavy atom. The molecule has 0 bridgehead atoms. The van der Waals surface area contributed by atoms with Crippen LogP contribution in [0.2, 0.25) is 0 Å². The first-order chi connectivity index (χ1) is 9.42. The smallest absolute Gasteiger partial charge is 0.261 e. The van der Waals surface area contributed by atoms with Gasteiger partial charge in [-0.3, -0.25) is 4.72 Å². The average molecular weight is 355 g/mol. The molecule has 20 heavy (non-hydrogen) atoms. The van der Waals surface area contributed by atoms with Gasteiger partial charge in [0.2, 0.25) is 0 Å². The molecule has 106 valence electrons. The Balaban J connectivity index is 2.27. The molecule has 0 amide bonds. The Hall–Kier alpha value is -1.53. The van der Waals surface area contributed by atoms with E-state index in [2.05, 4.69) is 26.0 Å². The van der Waals surface area contributed by atoms with Crippen LogP contribution in [-0.2, 0) is 10.0 Å². The van der Waals surface area contributed by atoms with Gasteiger partial charge in [-0.2, -0.15) is 0 Å². The van der Waals surface area contributed by atoms with Gasteiger partial charge in [0.25, 0.3) is 10.0 Å². The Kier molecular flexibility index (Phi) is 4.35. The fourth-order valence-corrected chi connectivity index (χ4v) is 3.09. The lowest BCUT2D eigenvalue weighted by molar-refractivity contribution is 0.601. The summed E-state index contributed by atoms with van der Waals surface area (Å²) in [5.41, 5.74) is 2.33. The number of benzene rings is 2. The van der Waals surface area contributed by atoms with Crippen molar-refractivity contribution < 1.29 is 8.42 Å². The molecular weight excluding hydrogens is 340 g/mol. The Morgan fingerprint density at radius 3 is 2.15 bits per heavy atom. The van der Waals surface area contributed by atoms with Crippen molar-refractivity contribution in [2.45, 2.75) is 11.8 Å². The number of nitrogens with one attached hydrogen (secondary N) is 2. The number of hydrogen-bond acceptors (Lipinski definition) is 3. The highest BCUT2D eigenvalue weighted by atomic mass is 79.9. The molecule has 2 rings (SSSR count). The highest BCUT2D eigenvalue weighted by molar-refractivity contribution is 9.10. The van der Waals surface area contributed by atoms with Crippen LogP contribution in [0.25, 0.3) is 0 Å². The largest absolute Gasteiger partial charge is 0.388 e. The Labute approximate surface area is 127 Å². The summed E-state index contributed by atoms with van der Waals surface area (Å²) in [7, 11) is -1.75. The molecule has 0 aliphatic carbocycles. The maximum absolute atomic E-state index is 12.3. The summed E-state index contributed by atoms with van der Waals surface area (Å²) in [4.78, 5) is 0.246. The number of rotatable bonds is 4. The Bertz CT molecular complexity index is 712. The molecule has 0 atom stereocenters. The van der Waals surface area contributed by atoms with Gasteiger partial charge in [-0.1, -0.05) is 15.9 Å². The van der Waals surface area contributed by atoms with Crippen LogP contribution in [-0.4, -0.2) is 15.5 Å². The lowest BCUT2D eigenvalue weighted by atomic mass is 10.2. The molecule has 0 aliphatic heterocycles. The number of hydrogen-bond donors (Lipinski definition) is 2. The van der Waals surface area contributed by atoms with E-state index in [1.807, 2.05) is 26.1 Å². The third-order valence-corrected chi connectivity index (χ3v) is 5.13. The van der Waals surface area contributed by atoms with E-state index in [9.17, 15) is 8.42 Å². The van der Waals surface area contributed by atoms with Gasteiger partial charge in [0.05, 0.1) is 4.90 Å². The van der Waals surface area contributed by atoms with Crippen molar-refractivity contribution in [1.29, 1.82) is 0 Å². The van der Waals surface area contributed by atoms with Gasteiger partial charge >= 0.3 is 0 Å². The van der Waals surface area contributed by atoms with Crippen LogP contribution >= 0.6 is 15.9 Å². The molecule has 2 N–H and O–H groups in total. The molecule has 6 heteroatoms. The van der Waals surface area contributed by atoms with E-state index in [4.69, 9.17) is 0 Å². The van der Waals surface area contributed by atoms with E-state index in [-0.39, 0.29) is 4.90 Å². The predicted molar refractivity (Wildman–Crippen MR) is 85.7 cm³/mol. The maximum atomic E-state index is 12.3. The molecule has 0 unspecified atom stereocenters. The van der Waals surface area contributed by atoms with E-state index < -0.39 is 10.0 Å². The average Bonchev–Trinajstić information content (AvgIpc) is 2.42. The minimum absolute atomic E-state index is 0.246. The molecule has 0 saturated heterocycles. The highest BCUT2D eigenvalue weighted by Gasteiger charge is 2.14. The summed E-state index contributed by atoms with van der Waals surface area (Å²) in [5.74, 6) is 0. The van der Waals surface area contributed by atoms with E-state index in [1.165, 1.54) is 0 Å². The lowest BCUT2D eigenvalue weighted by Gasteiger charge is -2.10. The van der Waals surface area contributed by atoms with Crippen LogP contribution in [0.5, 0.6) is 0 Å². The van der Waals surface area contributed by atoms with Gasteiger partial charge in [0, 0.05) is 22.9 Å². The van der Waals surface area contributed by atoms with Crippen molar-refractivity contribution >= 4 is 37.3 Å². The maximum Gasteiger partial charge on any atom is 0.261 e. The Morgan fingerprint density at radius 1 is 1.00 bits per heavy atom. The number of sulfonamides is 1. The molecule has 0 aromatic heterocycles. The van der Waals surface area contributed by atoms with Crippen molar-refractivity contribution in [3.8, 4) is 0 Å². The van der Waals surface area contributed by atoms with Crippen LogP contribution in [0.1, 0.15) is 5.56 Å². The van der Waals surface area contributed by atoms with E-state index in [0.29, 0.717) is 5.69 Å². The molecule has 0 aliphatic rings. The fourth-order valence-electron chi connectivity index (χ4n) is 1.70. The normalized spacial score (nSPS) is 11.2. The lowest BCUT2D eigenvalue weighted by Crippen LogP contribution is -2.13. The van der Waals surface area contributed by atoms with Crippen LogP contribution in [0, 0.1) is 6.92 Å². The molecule has 2 aromatic carbocycles. The minimum Gasteiger partial charge on any atom is -0.388 e. The molecule has 0 radical (unpaired) electrons. The van der Waals surface area contributed by atoms with Gasteiger partial charge in [-0.25, -0.2) is 8.42 Å². The summed E-state index contributed by atoms with van der Waals surface area (Å²) >= 11 is 3.36. The first-order valence-electron chi connectivity index (χ1n) is 5.99. The van der Waals surface area contributed by atoms with Gasteiger partial charge in [0.1, 0.15) is 0 Å². The zero-order chi connectivity index (χ0) is 14.8. The molecule has 0 saturated carbocycles. The van der Waals surface area contributed by atoms with Crippen LogP contribution < -0.4 is 10.0 Å². The zero-order valence-electron chi connectivity index (χ0n) is 11.1. The van der Waals surface area contributed by atoms with E-state index in [0.717, 1.165) is 15.7 Å². The van der Waals surface area contributed by atoms with Gasteiger partial charge in [0.15, 0.2) is 0 Å². The summed E-state index contributed by atoms with van der Waals surface area (Å²) in [6, 6.07) is 12.0. The summed E-state index contributed by atoms with van der Waals surface area (Å²) in [5, 5.41) is 2.98. The zero-order valence-corrected chi connectivity index (χ0v) is 13.5. The van der Waals surface area contributed by atoms with Crippen LogP contribution in [0.15, 0.2) is 51.8 Å².